The Morgan fingerprint density at radius 3 is 2.41 bits per heavy atom. The molecule has 2 heterocycles. The Morgan fingerprint density at radius 2 is 1.74 bits per heavy atom. The second-order valence-corrected chi connectivity index (χ2v) is 9.04. The van der Waals surface area contributed by atoms with E-state index in [1.807, 2.05) is 0 Å². The lowest BCUT2D eigenvalue weighted by molar-refractivity contribution is 0.0580. The van der Waals surface area contributed by atoms with E-state index in [2.05, 4.69) is 113 Å². The third kappa shape index (κ3) is 2.31. The van der Waals surface area contributed by atoms with Crippen molar-refractivity contribution in [2.75, 3.05) is 26.0 Å². The fraction of sp³-hybridized carbons (Fsp3) is 0.417. The molecule has 3 nitrogen and oxygen atoms in total. The predicted molar refractivity (Wildman–Crippen MR) is 113 cm³/mol. The van der Waals surface area contributed by atoms with Crippen molar-refractivity contribution >= 4 is 11.8 Å². The van der Waals surface area contributed by atoms with E-state index in [4.69, 9.17) is 4.74 Å². The van der Waals surface area contributed by atoms with Gasteiger partial charge in [-0.15, -0.1) is 0 Å². The van der Waals surface area contributed by atoms with E-state index in [0.717, 1.165) is 11.3 Å². The van der Waals surface area contributed by atoms with Gasteiger partial charge in [-0.1, -0.05) is 24.3 Å². The molecule has 4 rings (SSSR count). The van der Waals surface area contributed by atoms with Crippen LogP contribution in [0.3, 0.4) is 0 Å². The Balaban J connectivity index is 1.78. The standard InChI is InChI=1S/C24H30N2O/c1-22(2)19-10-8-9-11-20(19)26(7)24(22)15-14-17-16-18(12-13-21(17)27-24)23(3,4)25(5)6/h8-16H,1-7H3. The highest BCUT2D eigenvalue weighted by Crippen LogP contribution is 2.54. The Morgan fingerprint density at radius 1 is 1.04 bits per heavy atom. The summed E-state index contributed by atoms with van der Waals surface area (Å²) >= 11 is 0. The topological polar surface area (TPSA) is 15.7 Å². The molecule has 1 atom stereocenters. The lowest BCUT2D eigenvalue weighted by Crippen LogP contribution is -2.58. The first-order chi connectivity index (χ1) is 12.6. The quantitative estimate of drug-likeness (QED) is 0.747. The van der Waals surface area contributed by atoms with Gasteiger partial charge in [-0.25, -0.2) is 0 Å². The Labute approximate surface area is 163 Å². The van der Waals surface area contributed by atoms with Crippen LogP contribution in [0.2, 0.25) is 0 Å². The fourth-order valence-corrected chi connectivity index (χ4v) is 4.42. The molecule has 1 spiro atoms. The summed E-state index contributed by atoms with van der Waals surface area (Å²) in [5.41, 5.74) is 4.30. The number of para-hydroxylation sites is 1. The summed E-state index contributed by atoms with van der Waals surface area (Å²) in [6.45, 7) is 9.03. The van der Waals surface area contributed by atoms with Gasteiger partial charge in [0.25, 0.3) is 0 Å². The average Bonchev–Trinajstić information content (AvgIpc) is 2.80. The molecule has 3 heteroatoms. The molecule has 2 aromatic carbocycles. The van der Waals surface area contributed by atoms with Crippen molar-refractivity contribution in [1.82, 2.24) is 4.90 Å². The van der Waals surface area contributed by atoms with Crippen molar-refractivity contribution in [3.05, 3.63) is 65.2 Å². The van der Waals surface area contributed by atoms with Crippen LogP contribution >= 0.6 is 0 Å². The highest BCUT2D eigenvalue weighted by Gasteiger charge is 2.57. The zero-order valence-corrected chi connectivity index (χ0v) is 17.5. The molecule has 2 aliphatic rings. The molecule has 0 aromatic heterocycles. The van der Waals surface area contributed by atoms with Crippen LogP contribution < -0.4 is 9.64 Å². The van der Waals surface area contributed by atoms with Gasteiger partial charge >= 0.3 is 0 Å². The van der Waals surface area contributed by atoms with Crippen molar-refractivity contribution in [1.29, 1.82) is 0 Å². The highest BCUT2D eigenvalue weighted by molar-refractivity contribution is 5.72. The van der Waals surface area contributed by atoms with Gasteiger partial charge in [0.05, 0.1) is 5.41 Å². The molecule has 27 heavy (non-hydrogen) atoms. The van der Waals surface area contributed by atoms with Crippen LogP contribution in [0.4, 0.5) is 5.69 Å². The number of hydrogen-bond donors (Lipinski definition) is 0. The predicted octanol–water partition coefficient (Wildman–Crippen LogP) is 5.01. The summed E-state index contributed by atoms with van der Waals surface area (Å²) in [5.74, 6) is 0.948. The van der Waals surface area contributed by atoms with E-state index in [1.54, 1.807) is 0 Å². The number of fused-ring (bicyclic) bond motifs is 2. The second kappa shape index (κ2) is 5.62. The molecule has 0 aliphatic carbocycles. The van der Waals surface area contributed by atoms with Gasteiger partial charge in [-0.3, -0.25) is 0 Å². The minimum absolute atomic E-state index is 0.0301. The van der Waals surface area contributed by atoms with Gasteiger partial charge in [0.2, 0.25) is 5.72 Å². The summed E-state index contributed by atoms with van der Waals surface area (Å²) in [6, 6.07) is 15.2. The van der Waals surface area contributed by atoms with Crippen molar-refractivity contribution in [3.63, 3.8) is 0 Å². The Hall–Kier alpha value is -2.26. The van der Waals surface area contributed by atoms with Gasteiger partial charge in [0.15, 0.2) is 0 Å². The van der Waals surface area contributed by atoms with E-state index in [9.17, 15) is 0 Å². The largest absolute Gasteiger partial charge is 0.463 e. The smallest absolute Gasteiger partial charge is 0.211 e. The lowest BCUT2D eigenvalue weighted by Gasteiger charge is -2.46. The first-order valence-electron chi connectivity index (χ1n) is 9.65. The molecule has 0 radical (unpaired) electrons. The molecule has 2 aromatic rings. The molecule has 0 bridgehead atoms. The molecule has 1 unspecified atom stereocenters. The Bertz CT molecular complexity index is 926. The molecule has 0 saturated heterocycles. The maximum Gasteiger partial charge on any atom is 0.211 e. The number of rotatable bonds is 2. The number of anilines is 1. The molecule has 142 valence electrons. The van der Waals surface area contributed by atoms with Crippen LogP contribution in [0, 0.1) is 0 Å². The summed E-state index contributed by atoms with van der Waals surface area (Å²) in [6.07, 6.45) is 4.47. The molecule has 2 aliphatic heterocycles. The minimum atomic E-state index is -0.512. The van der Waals surface area contributed by atoms with Crippen molar-refractivity contribution in [2.45, 2.75) is 44.4 Å². The van der Waals surface area contributed by atoms with Crippen LogP contribution in [0.25, 0.3) is 6.08 Å². The van der Waals surface area contributed by atoms with Crippen LogP contribution in [0.1, 0.15) is 44.4 Å². The fourth-order valence-electron chi connectivity index (χ4n) is 4.42. The van der Waals surface area contributed by atoms with Crippen LogP contribution in [0.15, 0.2) is 48.5 Å². The van der Waals surface area contributed by atoms with E-state index in [-0.39, 0.29) is 11.0 Å². The van der Waals surface area contributed by atoms with E-state index in [1.165, 1.54) is 16.8 Å². The van der Waals surface area contributed by atoms with E-state index >= 15 is 0 Å². The molecular formula is C24H30N2O. The molecule has 0 amide bonds. The zero-order valence-electron chi connectivity index (χ0n) is 17.5. The van der Waals surface area contributed by atoms with E-state index < -0.39 is 5.72 Å². The number of likely N-dealkylation sites (N-methyl/N-ethyl adjacent to an activating group) is 1. The van der Waals surface area contributed by atoms with Crippen LogP contribution in [-0.2, 0) is 11.0 Å². The average molecular weight is 363 g/mol. The summed E-state index contributed by atoms with van der Waals surface area (Å²) < 4.78 is 6.74. The first-order valence-corrected chi connectivity index (χ1v) is 9.65. The molecule has 0 fully saturated rings. The molecule has 0 N–H and O–H groups in total. The zero-order chi connectivity index (χ0) is 19.6. The van der Waals surface area contributed by atoms with Crippen molar-refractivity contribution in [2.24, 2.45) is 0 Å². The monoisotopic (exact) mass is 362 g/mol. The summed E-state index contributed by atoms with van der Waals surface area (Å²) in [7, 11) is 6.37. The van der Waals surface area contributed by atoms with Gasteiger partial charge in [0, 0.05) is 23.8 Å². The molecule has 0 saturated carbocycles. The minimum Gasteiger partial charge on any atom is -0.463 e. The third-order valence-electron chi connectivity index (χ3n) is 6.92. The van der Waals surface area contributed by atoms with Crippen LogP contribution in [0.5, 0.6) is 5.75 Å². The lowest BCUT2D eigenvalue weighted by atomic mass is 9.76. The number of benzene rings is 2. The summed E-state index contributed by atoms with van der Waals surface area (Å²) in [5, 5.41) is 0. The summed E-state index contributed by atoms with van der Waals surface area (Å²) in [4.78, 5) is 4.52. The van der Waals surface area contributed by atoms with Gasteiger partial charge < -0.3 is 14.5 Å². The number of ether oxygens (including phenoxy) is 1. The van der Waals surface area contributed by atoms with Crippen molar-refractivity contribution in [3.8, 4) is 5.75 Å². The second-order valence-electron chi connectivity index (χ2n) is 9.04. The van der Waals surface area contributed by atoms with Crippen molar-refractivity contribution < 1.29 is 4.74 Å². The Kier molecular flexibility index (Phi) is 3.77. The van der Waals surface area contributed by atoms with Gasteiger partial charge in [-0.2, -0.15) is 0 Å². The maximum atomic E-state index is 6.74. The SMILES string of the molecule is CN(C)C(C)(C)c1ccc2c(c1)C=CC1(O2)N(C)c2ccccc2C1(C)C. The van der Waals surface area contributed by atoms with Gasteiger partial charge in [0.1, 0.15) is 5.75 Å². The van der Waals surface area contributed by atoms with E-state index in [0.29, 0.717) is 0 Å². The number of hydrogen-bond acceptors (Lipinski definition) is 3. The van der Waals surface area contributed by atoms with Crippen LogP contribution in [-0.4, -0.2) is 31.8 Å². The maximum absolute atomic E-state index is 6.74. The normalized spacial score (nSPS) is 22.7. The first kappa shape index (κ1) is 18.1. The van der Waals surface area contributed by atoms with Gasteiger partial charge in [-0.05, 0) is 83.3 Å². The number of nitrogens with zero attached hydrogens (tertiary/aromatic N) is 2. The third-order valence-corrected chi connectivity index (χ3v) is 6.92. The molecular weight excluding hydrogens is 332 g/mol. The highest BCUT2D eigenvalue weighted by atomic mass is 16.5.